The predicted octanol–water partition coefficient (Wildman–Crippen LogP) is 4.97. The van der Waals surface area contributed by atoms with Gasteiger partial charge >= 0.3 is 0 Å². The Morgan fingerprint density at radius 3 is 2.55 bits per heavy atom. The van der Waals surface area contributed by atoms with Gasteiger partial charge in [0.1, 0.15) is 5.82 Å². The fourth-order valence-corrected chi connectivity index (χ4v) is 2.55. The summed E-state index contributed by atoms with van der Waals surface area (Å²) in [5.41, 5.74) is 4.47. The average Bonchev–Trinajstić information content (AvgIpc) is 3.04. The molecule has 0 amide bonds. The van der Waals surface area contributed by atoms with E-state index in [0.29, 0.717) is 0 Å². The van der Waals surface area contributed by atoms with Crippen LogP contribution in [0.5, 0.6) is 0 Å². The number of aromatic nitrogens is 2. The fourth-order valence-electron chi connectivity index (χ4n) is 2.55. The van der Waals surface area contributed by atoms with Crippen molar-refractivity contribution in [3.8, 4) is 11.1 Å². The van der Waals surface area contributed by atoms with Crippen LogP contribution in [-0.4, -0.2) is 9.97 Å². The quantitative estimate of drug-likeness (QED) is 0.557. The number of fused-ring (bicyclic) bond motifs is 1. The van der Waals surface area contributed by atoms with Crippen molar-refractivity contribution in [1.29, 1.82) is 0 Å². The number of anilines is 2. The van der Waals surface area contributed by atoms with E-state index in [2.05, 4.69) is 51.7 Å². The molecule has 2 aromatic carbocycles. The normalized spacial score (nSPS) is 10.7. The number of benzene rings is 2. The smallest absolute Gasteiger partial charge is 0.130 e. The molecule has 4 rings (SSSR count). The third-order valence-corrected chi connectivity index (χ3v) is 3.70. The first kappa shape index (κ1) is 12.7. The second kappa shape index (κ2) is 5.37. The number of rotatable bonds is 3. The van der Waals surface area contributed by atoms with Crippen LogP contribution in [0.3, 0.4) is 0 Å². The largest absolute Gasteiger partial charge is 0.361 e. The minimum absolute atomic E-state index is 0.842. The highest BCUT2D eigenvalue weighted by molar-refractivity contribution is 5.83. The molecular weight excluding hydrogens is 270 g/mol. The Morgan fingerprint density at radius 2 is 1.73 bits per heavy atom. The molecule has 2 heterocycles. The van der Waals surface area contributed by atoms with Gasteiger partial charge in [0, 0.05) is 34.5 Å². The van der Waals surface area contributed by atoms with Crippen LogP contribution in [0.2, 0.25) is 0 Å². The number of nitrogens with one attached hydrogen (secondary N) is 2. The zero-order chi connectivity index (χ0) is 14.8. The maximum Gasteiger partial charge on any atom is 0.130 e. The van der Waals surface area contributed by atoms with Crippen molar-refractivity contribution in [3.05, 3.63) is 79.1 Å². The monoisotopic (exact) mass is 285 g/mol. The fraction of sp³-hybridized carbons (Fsp3) is 0. The van der Waals surface area contributed by atoms with Gasteiger partial charge in [-0.2, -0.15) is 0 Å². The molecule has 3 heteroatoms. The summed E-state index contributed by atoms with van der Waals surface area (Å²) in [7, 11) is 0. The minimum atomic E-state index is 0.842. The van der Waals surface area contributed by atoms with Gasteiger partial charge in [0.15, 0.2) is 0 Å². The van der Waals surface area contributed by atoms with Gasteiger partial charge in [-0.1, -0.05) is 30.3 Å². The van der Waals surface area contributed by atoms with Crippen molar-refractivity contribution in [1.82, 2.24) is 9.97 Å². The lowest BCUT2D eigenvalue weighted by molar-refractivity contribution is 1.31. The van der Waals surface area contributed by atoms with Gasteiger partial charge in [0.05, 0.1) is 0 Å². The van der Waals surface area contributed by atoms with Crippen LogP contribution in [0, 0.1) is 0 Å². The number of H-pyrrole nitrogens is 1. The highest BCUT2D eigenvalue weighted by Crippen LogP contribution is 2.23. The molecule has 0 unspecified atom stereocenters. The third kappa shape index (κ3) is 2.44. The molecule has 22 heavy (non-hydrogen) atoms. The van der Waals surface area contributed by atoms with Crippen LogP contribution in [0.25, 0.3) is 22.0 Å². The molecule has 0 radical (unpaired) electrons. The van der Waals surface area contributed by atoms with Crippen molar-refractivity contribution < 1.29 is 0 Å². The Hall–Kier alpha value is -3.07. The zero-order valence-electron chi connectivity index (χ0n) is 12.0. The Bertz CT molecular complexity index is 893. The van der Waals surface area contributed by atoms with E-state index >= 15 is 0 Å². The highest BCUT2D eigenvalue weighted by Gasteiger charge is 2.01. The average molecular weight is 285 g/mol. The summed E-state index contributed by atoms with van der Waals surface area (Å²) >= 11 is 0. The van der Waals surface area contributed by atoms with Crippen LogP contribution < -0.4 is 5.32 Å². The number of aromatic amines is 1. The lowest BCUT2D eigenvalue weighted by Gasteiger charge is -2.07. The molecule has 0 spiro atoms. The Labute approximate surface area is 128 Å². The van der Waals surface area contributed by atoms with Gasteiger partial charge < -0.3 is 10.3 Å². The summed E-state index contributed by atoms with van der Waals surface area (Å²) in [4.78, 5) is 7.69. The van der Waals surface area contributed by atoms with Gasteiger partial charge in [-0.15, -0.1) is 0 Å². The molecule has 4 aromatic rings. The van der Waals surface area contributed by atoms with Crippen molar-refractivity contribution in [2.45, 2.75) is 0 Å². The predicted molar refractivity (Wildman–Crippen MR) is 91.3 cm³/mol. The van der Waals surface area contributed by atoms with E-state index in [1.807, 2.05) is 42.7 Å². The zero-order valence-corrected chi connectivity index (χ0v) is 12.0. The summed E-state index contributed by atoms with van der Waals surface area (Å²) in [5.74, 6) is 0.842. The molecule has 0 atom stereocenters. The Kier molecular flexibility index (Phi) is 3.09. The van der Waals surface area contributed by atoms with Crippen molar-refractivity contribution in [2.24, 2.45) is 0 Å². The van der Waals surface area contributed by atoms with Crippen LogP contribution >= 0.6 is 0 Å². The molecule has 2 aromatic heterocycles. The van der Waals surface area contributed by atoms with E-state index in [-0.39, 0.29) is 0 Å². The van der Waals surface area contributed by atoms with E-state index in [1.165, 1.54) is 10.9 Å². The summed E-state index contributed by atoms with van der Waals surface area (Å²) in [6.45, 7) is 0. The van der Waals surface area contributed by atoms with Crippen molar-refractivity contribution >= 4 is 22.4 Å². The van der Waals surface area contributed by atoms with E-state index in [4.69, 9.17) is 0 Å². The Morgan fingerprint density at radius 1 is 0.818 bits per heavy atom. The van der Waals surface area contributed by atoms with E-state index < -0.39 is 0 Å². The summed E-state index contributed by atoms with van der Waals surface area (Å²) in [5, 5.41) is 4.53. The van der Waals surface area contributed by atoms with Gasteiger partial charge in [0.25, 0.3) is 0 Å². The molecule has 3 nitrogen and oxygen atoms in total. The second-order valence-corrected chi connectivity index (χ2v) is 5.20. The van der Waals surface area contributed by atoms with Crippen LogP contribution in [0.15, 0.2) is 79.1 Å². The topological polar surface area (TPSA) is 40.7 Å². The van der Waals surface area contributed by atoms with E-state index in [9.17, 15) is 0 Å². The lowest BCUT2D eigenvalue weighted by atomic mass is 10.1. The van der Waals surface area contributed by atoms with Gasteiger partial charge in [-0.05, 0) is 42.0 Å². The minimum Gasteiger partial charge on any atom is -0.361 e. The summed E-state index contributed by atoms with van der Waals surface area (Å²) < 4.78 is 0. The number of hydrogen-bond acceptors (Lipinski definition) is 2. The first-order chi connectivity index (χ1) is 10.9. The molecule has 2 N–H and O–H groups in total. The van der Waals surface area contributed by atoms with Crippen molar-refractivity contribution in [2.75, 3.05) is 5.32 Å². The van der Waals surface area contributed by atoms with Crippen LogP contribution in [0.4, 0.5) is 11.5 Å². The number of pyridine rings is 1. The van der Waals surface area contributed by atoms with Gasteiger partial charge in [-0.25, -0.2) is 4.98 Å². The molecule has 0 aliphatic heterocycles. The number of nitrogens with zero attached hydrogens (tertiary/aromatic N) is 1. The van der Waals surface area contributed by atoms with Gasteiger partial charge in [-0.3, -0.25) is 0 Å². The lowest BCUT2D eigenvalue weighted by Crippen LogP contribution is -1.93. The van der Waals surface area contributed by atoms with E-state index in [1.54, 1.807) is 0 Å². The molecular formula is C19H15N3. The maximum absolute atomic E-state index is 4.50. The first-order valence-corrected chi connectivity index (χ1v) is 7.24. The molecule has 0 aliphatic carbocycles. The number of hydrogen-bond donors (Lipinski definition) is 2. The third-order valence-electron chi connectivity index (χ3n) is 3.70. The van der Waals surface area contributed by atoms with Crippen LogP contribution in [-0.2, 0) is 0 Å². The first-order valence-electron chi connectivity index (χ1n) is 7.24. The van der Waals surface area contributed by atoms with E-state index in [0.717, 1.165) is 22.6 Å². The molecule has 0 aliphatic rings. The molecule has 106 valence electrons. The standard InChI is InChI=1S/C19H15N3/c1-2-4-14(5-3-1)16-6-9-19(21-13-16)22-17-7-8-18-15(12-17)10-11-20-18/h1-13,20H,(H,21,22). The summed E-state index contributed by atoms with van der Waals surface area (Å²) in [6.07, 6.45) is 3.84. The summed E-state index contributed by atoms with van der Waals surface area (Å²) in [6, 6.07) is 22.6. The molecule has 0 bridgehead atoms. The van der Waals surface area contributed by atoms with Gasteiger partial charge in [0.2, 0.25) is 0 Å². The molecule has 0 fully saturated rings. The SMILES string of the molecule is c1ccc(-c2ccc(Nc3ccc4[nH]ccc4c3)nc2)cc1. The van der Waals surface area contributed by atoms with Crippen molar-refractivity contribution in [3.63, 3.8) is 0 Å². The highest BCUT2D eigenvalue weighted by atomic mass is 15.0. The Balaban J connectivity index is 1.58. The van der Waals surface area contributed by atoms with Crippen LogP contribution in [0.1, 0.15) is 0 Å². The second-order valence-electron chi connectivity index (χ2n) is 5.20. The molecule has 0 saturated carbocycles. The maximum atomic E-state index is 4.50. The molecule has 0 saturated heterocycles.